The van der Waals surface area contributed by atoms with Crippen LogP contribution in [0.1, 0.15) is 16.2 Å². The van der Waals surface area contributed by atoms with Gasteiger partial charge in [-0.1, -0.05) is 16.8 Å². The summed E-state index contributed by atoms with van der Waals surface area (Å²) in [5.74, 6) is -1.04. The topological polar surface area (TPSA) is 89.4 Å². The number of carboxylic acid groups (broad SMARTS) is 1. The van der Waals surface area contributed by atoms with E-state index in [1.807, 2.05) is 0 Å². The lowest BCUT2D eigenvalue weighted by Crippen LogP contribution is -1.98. The van der Waals surface area contributed by atoms with Crippen molar-refractivity contribution < 1.29 is 14.4 Å². The van der Waals surface area contributed by atoms with E-state index >= 15 is 0 Å². The molecule has 0 saturated heterocycles. The van der Waals surface area contributed by atoms with Gasteiger partial charge in [0.1, 0.15) is 5.02 Å². The summed E-state index contributed by atoms with van der Waals surface area (Å²) in [5, 5.41) is 11.6. The molecule has 0 aliphatic carbocycles. The van der Waals surface area contributed by atoms with Crippen LogP contribution >= 0.6 is 11.6 Å². The molecule has 0 spiro atoms. The highest BCUT2D eigenvalue weighted by molar-refractivity contribution is 6.33. The van der Waals surface area contributed by atoms with Crippen molar-refractivity contribution in [2.24, 2.45) is 5.73 Å². The summed E-state index contributed by atoms with van der Waals surface area (Å²) in [6, 6.07) is 0. The fraction of sp³-hybridized carbons (Fsp3) is 0.200. The lowest BCUT2D eigenvalue weighted by atomic mass is 10.3. The van der Waals surface area contributed by atoms with Gasteiger partial charge in [-0.2, -0.15) is 0 Å². The van der Waals surface area contributed by atoms with Gasteiger partial charge in [0.25, 0.3) is 0 Å². The molecule has 5 nitrogen and oxygen atoms in total. The van der Waals surface area contributed by atoms with Gasteiger partial charge >= 0.3 is 5.97 Å². The maximum absolute atomic E-state index is 10.3. The summed E-state index contributed by atoms with van der Waals surface area (Å²) in [7, 11) is 0. The quantitative estimate of drug-likeness (QED) is 0.684. The van der Waals surface area contributed by atoms with Crippen molar-refractivity contribution in [2.45, 2.75) is 6.54 Å². The van der Waals surface area contributed by atoms with E-state index in [1.165, 1.54) is 0 Å². The van der Waals surface area contributed by atoms with Crippen LogP contribution in [0.4, 0.5) is 0 Å². The highest BCUT2D eigenvalue weighted by Crippen LogP contribution is 2.19. The van der Waals surface area contributed by atoms with Crippen LogP contribution in [0.2, 0.25) is 5.02 Å². The predicted octanol–water partition coefficient (Wildman–Crippen LogP) is 0.485. The largest absolute Gasteiger partial charge is 0.476 e. The number of nitrogens with zero attached hydrogens (tertiary/aromatic N) is 1. The van der Waals surface area contributed by atoms with Crippen LogP contribution in [0.25, 0.3) is 0 Å². The van der Waals surface area contributed by atoms with Crippen LogP contribution in [0.15, 0.2) is 4.52 Å². The Labute approximate surface area is 66.7 Å². The molecule has 1 rings (SSSR count). The number of hydrogen-bond donors (Lipinski definition) is 2. The van der Waals surface area contributed by atoms with E-state index in [0.717, 1.165) is 0 Å². The number of aromatic nitrogens is 1. The van der Waals surface area contributed by atoms with Gasteiger partial charge in [0.05, 0.1) is 6.54 Å². The molecule has 1 heterocycles. The molecule has 60 valence electrons. The van der Waals surface area contributed by atoms with E-state index in [4.69, 9.17) is 22.4 Å². The van der Waals surface area contributed by atoms with Crippen molar-refractivity contribution in [3.63, 3.8) is 0 Å². The van der Waals surface area contributed by atoms with Gasteiger partial charge in [0, 0.05) is 0 Å². The molecule has 0 unspecified atom stereocenters. The van der Waals surface area contributed by atoms with Crippen LogP contribution in [-0.2, 0) is 6.54 Å². The van der Waals surface area contributed by atoms with Gasteiger partial charge in [-0.25, -0.2) is 4.79 Å². The van der Waals surface area contributed by atoms with Crippen LogP contribution < -0.4 is 5.73 Å². The van der Waals surface area contributed by atoms with Crippen molar-refractivity contribution in [2.75, 3.05) is 0 Å². The highest BCUT2D eigenvalue weighted by Gasteiger charge is 2.18. The molecule has 0 saturated carbocycles. The zero-order valence-corrected chi connectivity index (χ0v) is 6.13. The van der Waals surface area contributed by atoms with Gasteiger partial charge in [0.2, 0.25) is 5.69 Å². The summed E-state index contributed by atoms with van der Waals surface area (Å²) < 4.78 is 4.52. The fourth-order valence-corrected chi connectivity index (χ4v) is 0.800. The van der Waals surface area contributed by atoms with Gasteiger partial charge in [-0.3, -0.25) is 0 Å². The van der Waals surface area contributed by atoms with Crippen LogP contribution in [-0.4, -0.2) is 16.2 Å². The first-order chi connectivity index (χ1) is 5.16. The molecule has 6 heteroatoms. The second-order valence-electron chi connectivity index (χ2n) is 1.78. The Morgan fingerprint density at radius 1 is 1.82 bits per heavy atom. The molecular formula is C5H5ClN2O3. The predicted molar refractivity (Wildman–Crippen MR) is 36.4 cm³/mol. The van der Waals surface area contributed by atoms with Gasteiger partial charge in [-0.05, 0) is 0 Å². The molecule has 0 aromatic carbocycles. The minimum atomic E-state index is -1.22. The molecule has 0 fully saturated rings. The number of carbonyl (C=O) groups is 1. The van der Waals surface area contributed by atoms with E-state index in [9.17, 15) is 4.79 Å². The Morgan fingerprint density at radius 3 is 2.73 bits per heavy atom. The third-order valence-electron chi connectivity index (χ3n) is 1.09. The van der Waals surface area contributed by atoms with Gasteiger partial charge in [-0.15, -0.1) is 0 Å². The number of hydrogen-bond acceptors (Lipinski definition) is 4. The Balaban J connectivity index is 3.10. The third kappa shape index (κ3) is 1.33. The highest BCUT2D eigenvalue weighted by atomic mass is 35.5. The van der Waals surface area contributed by atoms with E-state index in [1.54, 1.807) is 0 Å². The summed E-state index contributed by atoms with van der Waals surface area (Å²) in [6.07, 6.45) is 0. The Hall–Kier alpha value is -1.07. The van der Waals surface area contributed by atoms with E-state index in [0.29, 0.717) is 0 Å². The molecular weight excluding hydrogens is 172 g/mol. The van der Waals surface area contributed by atoms with E-state index < -0.39 is 5.97 Å². The average molecular weight is 177 g/mol. The van der Waals surface area contributed by atoms with Crippen LogP contribution in [0.5, 0.6) is 0 Å². The molecule has 0 atom stereocenters. The Morgan fingerprint density at radius 2 is 2.45 bits per heavy atom. The minimum Gasteiger partial charge on any atom is -0.476 e. The molecule has 1 aromatic heterocycles. The summed E-state index contributed by atoms with van der Waals surface area (Å²) in [4.78, 5) is 10.3. The first-order valence-corrected chi connectivity index (χ1v) is 3.12. The molecule has 11 heavy (non-hydrogen) atoms. The Bertz CT molecular complexity index is 283. The normalized spacial score (nSPS) is 10.0. The molecule has 0 bridgehead atoms. The van der Waals surface area contributed by atoms with Crippen molar-refractivity contribution in [3.8, 4) is 0 Å². The monoisotopic (exact) mass is 176 g/mol. The van der Waals surface area contributed by atoms with Crippen molar-refractivity contribution in [1.29, 1.82) is 0 Å². The summed E-state index contributed by atoms with van der Waals surface area (Å²) in [5.41, 5.74) is 4.85. The molecule has 0 aliphatic rings. The van der Waals surface area contributed by atoms with Gasteiger partial charge in [0.15, 0.2) is 5.76 Å². The minimum absolute atomic E-state index is 0.0278. The van der Waals surface area contributed by atoms with Crippen molar-refractivity contribution in [1.82, 2.24) is 5.16 Å². The second-order valence-corrected chi connectivity index (χ2v) is 2.16. The van der Waals surface area contributed by atoms with Gasteiger partial charge < -0.3 is 15.4 Å². The SMILES string of the molecule is NCc1onc(C(=O)O)c1Cl. The number of nitrogens with two attached hydrogens (primary N) is 1. The zero-order chi connectivity index (χ0) is 8.43. The van der Waals surface area contributed by atoms with Crippen LogP contribution in [0, 0.1) is 0 Å². The standard InChI is InChI=1S/C5H5ClN2O3/c6-3-2(1-7)11-8-4(3)5(9)10/h1,7H2,(H,9,10). The third-order valence-corrected chi connectivity index (χ3v) is 1.48. The number of carboxylic acids is 1. The second kappa shape index (κ2) is 2.89. The number of halogens is 1. The number of aromatic carboxylic acids is 1. The maximum atomic E-state index is 10.3. The number of rotatable bonds is 2. The molecule has 0 radical (unpaired) electrons. The lowest BCUT2D eigenvalue weighted by molar-refractivity contribution is 0.0686. The van der Waals surface area contributed by atoms with Crippen molar-refractivity contribution >= 4 is 17.6 Å². The summed E-state index contributed by atoms with van der Waals surface area (Å²) >= 11 is 5.50. The fourth-order valence-electron chi connectivity index (χ4n) is 0.573. The Kier molecular flexibility index (Phi) is 2.11. The zero-order valence-electron chi connectivity index (χ0n) is 5.37. The summed E-state index contributed by atoms with van der Waals surface area (Å²) in [6.45, 7) is 0.0408. The maximum Gasteiger partial charge on any atom is 0.359 e. The molecule has 0 aliphatic heterocycles. The van der Waals surface area contributed by atoms with Crippen molar-refractivity contribution in [3.05, 3.63) is 16.5 Å². The molecule has 1 aromatic rings. The molecule has 0 amide bonds. The average Bonchev–Trinajstić information content (AvgIpc) is 2.30. The van der Waals surface area contributed by atoms with Crippen LogP contribution in [0.3, 0.4) is 0 Å². The lowest BCUT2D eigenvalue weighted by Gasteiger charge is -1.85. The first-order valence-electron chi connectivity index (χ1n) is 2.74. The smallest absolute Gasteiger partial charge is 0.359 e. The van der Waals surface area contributed by atoms with E-state index in [2.05, 4.69) is 9.68 Å². The molecule has 3 N–H and O–H groups in total. The first kappa shape index (κ1) is 8.03. The van der Waals surface area contributed by atoms with E-state index in [-0.39, 0.29) is 23.0 Å².